The molecule has 0 aliphatic heterocycles. The van der Waals surface area contributed by atoms with E-state index in [1.165, 1.54) is 0 Å². The summed E-state index contributed by atoms with van der Waals surface area (Å²) < 4.78 is 1.66. The van der Waals surface area contributed by atoms with E-state index >= 15 is 0 Å². The lowest BCUT2D eigenvalue weighted by atomic mass is 10.0. The molecule has 0 saturated heterocycles. The van der Waals surface area contributed by atoms with Crippen LogP contribution < -0.4 is 0 Å². The normalized spacial score (nSPS) is 12.3. The van der Waals surface area contributed by atoms with Crippen molar-refractivity contribution >= 4 is 5.97 Å². The van der Waals surface area contributed by atoms with E-state index < -0.39 is 5.97 Å². The number of aliphatic carboxylic acids is 1. The van der Waals surface area contributed by atoms with Crippen molar-refractivity contribution in [3.8, 4) is 5.69 Å². The van der Waals surface area contributed by atoms with Crippen LogP contribution in [0, 0.1) is 5.92 Å². The first kappa shape index (κ1) is 11.3. The van der Waals surface area contributed by atoms with Gasteiger partial charge in [0.05, 0.1) is 24.0 Å². The van der Waals surface area contributed by atoms with Crippen LogP contribution in [0.1, 0.15) is 12.5 Å². The Morgan fingerprint density at radius 2 is 2.12 bits per heavy atom. The van der Waals surface area contributed by atoms with E-state index in [-0.39, 0.29) is 5.92 Å². The molecule has 5 nitrogen and oxygen atoms in total. The molecule has 1 aromatic heterocycles. The van der Waals surface area contributed by atoms with Crippen molar-refractivity contribution in [1.29, 1.82) is 0 Å². The second-order valence-corrected chi connectivity index (χ2v) is 3.96. The molecule has 1 unspecified atom stereocenters. The Kier molecular flexibility index (Phi) is 3.18. The third-order valence-electron chi connectivity index (χ3n) is 2.59. The zero-order valence-corrected chi connectivity index (χ0v) is 9.45. The van der Waals surface area contributed by atoms with Gasteiger partial charge < -0.3 is 5.11 Å². The minimum atomic E-state index is -0.773. The Labute approximate surface area is 98.7 Å². The van der Waals surface area contributed by atoms with E-state index in [1.807, 2.05) is 24.3 Å². The number of carbonyl (C=O) groups is 1. The third-order valence-corrected chi connectivity index (χ3v) is 2.59. The molecule has 0 aliphatic rings. The molecule has 0 fully saturated rings. The second-order valence-electron chi connectivity index (χ2n) is 3.96. The van der Waals surface area contributed by atoms with Crippen molar-refractivity contribution < 1.29 is 9.90 Å². The zero-order chi connectivity index (χ0) is 12.3. The molecule has 1 aromatic carbocycles. The highest BCUT2D eigenvalue weighted by Gasteiger charge is 2.11. The molecule has 1 heterocycles. The van der Waals surface area contributed by atoms with Gasteiger partial charge in [0.15, 0.2) is 0 Å². The summed E-state index contributed by atoms with van der Waals surface area (Å²) in [6, 6.07) is 7.63. The molecule has 5 heteroatoms. The topological polar surface area (TPSA) is 68.0 Å². The molecule has 0 bridgehead atoms. The van der Waals surface area contributed by atoms with Crippen molar-refractivity contribution in [1.82, 2.24) is 15.0 Å². The Morgan fingerprint density at radius 1 is 1.41 bits per heavy atom. The van der Waals surface area contributed by atoms with Gasteiger partial charge in [-0.05, 0) is 24.1 Å². The lowest BCUT2D eigenvalue weighted by Crippen LogP contribution is -2.12. The number of rotatable bonds is 4. The maximum Gasteiger partial charge on any atom is 0.306 e. The predicted molar refractivity (Wildman–Crippen MR) is 61.9 cm³/mol. The number of hydrogen-bond donors (Lipinski definition) is 1. The SMILES string of the molecule is CC(Cc1ccc(-n2ccnn2)cc1)C(=O)O. The average molecular weight is 231 g/mol. The van der Waals surface area contributed by atoms with E-state index in [2.05, 4.69) is 10.3 Å². The lowest BCUT2D eigenvalue weighted by Gasteiger charge is -2.07. The van der Waals surface area contributed by atoms with Gasteiger partial charge in [-0.2, -0.15) is 0 Å². The standard InChI is InChI=1S/C12H13N3O2/c1-9(12(16)17)8-10-2-4-11(5-3-10)15-7-6-13-14-15/h2-7,9H,8H2,1H3,(H,16,17). The van der Waals surface area contributed by atoms with Gasteiger partial charge in [0.25, 0.3) is 0 Å². The fourth-order valence-corrected chi connectivity index (χ4v) is 1.57. The first-order valence-corrected chi connectivity index (χ1v) is 5.35. The molecule has 1 atom stereocenters. The van der Waals surface area contributed by atoms with E-state index in [9.17, 15) is 4.79 Å². The van der Waals surface area contributed by atoms with E-state index in [4.69, 9.17) is 5.11 Å². The van der Waals surface area contributed by atoms with Crippen LogP contribution in [0.15, 0.2) is 36.7 Å². The van der Waals surface area contributed by atoms with Crippen molar-refractivity contribution in [3.63, 3.8) is 0 Å². The molecule has 0 spiro atoms. The van der Waals surface area contributed by atoms with Crippen LogP contribution in [-0.4, -0.2) is 26.1 Å². The fourth-order valence-electron chi connectivity index (χ4n) is 1.57. The van der Waals surface area contributed by atoms with Crippen molar-refractivity contribution in [2.45, 2.75) is 13.3 Å². The fraction of sp³-hybridized carbons (Fsp3) is 0.250. The number of benzene rings is 1. The number of hydrogen-bond acceptors (Lipinski definition) is 3. The van der Waals surface area contributed by atoms with Crippen LogP contribution in [0.3, 0.4) is 0 Å². The average Bonchev–Trinajstić information content (AvgIpc) is 2.83. The molecule has 1 N–H and O–H groups in total. The second kappa shape index (κ2) is 4.78. The molecule has 0 aliphatic carbocycles. The summed E-state index contributed by atoms with van der Waals surface area (Å²) in [5.74, 6) is -1.14. The molecule has 0 radical (unpaired) electrons. The van der Waals surface area contributed by atoms with E-state index in [0.29, 0.717) is 6.42 Å². The first-order valence-electron chi connectivity index (χ1n) is 5.35. The summed E-state index contributed by atoms with van der Waals surface area (Å²) in [7, 11) is 0. The predicted octanol–water partition coefficient (Wildman–Crippen LogP) is 1.53. The van der Waals surface area contributed by atoms with Gasteiger partial charge in [-0.25, -0.2) is 4.68 Å². The van der Waals surface area contributed by atoms with Crippen molar-refractivity contribution in [2.75, 3.05) is 0 Å². The third kappa shape index (κ3) is 2.69. The summed E-state index contributed by atoms with van der Waals surface area (Å²) in [5, 5.41) is 16.4. The summed E-state index contributed by atoms with van der Waals surface area (Å²) in [6.07, 6.45) is 3.91. The van der Waals surface area contributed by atoms with Gasteiger partial charge in [-0.15, -0.1) is 5.10 Å². The Hall–Kier alpha value is -2.17. The van der Waals surface area contributed by atoms with Gasteiger partial charge in [-0.3, -0.25) is 4.79 Å². The highest BCUT2D eigenvalue weighted by atomic mass is 16.4. The zero-order valence-electron chi connectivity index (χ0n) is 9.45. The minimum Gasteiger partial charge on any atom is -0.481 e. The number of nitrogens with zero attached hydrogens (tertiary/aromatic N) is 3. The van der Waals surface area contributed by atoms with Gasteiger partial charge in [0.1, 0.15) is 0 Å². The maximum atomic E-state index is 10.7. The van der Waals surface area contributed by atoms with Gasteiger partial charge in [0, 0.05) is 0 Å². The number of carboxylic acids is 1. The highest BCUT2D eigenvalue weighted by Crippen LogP contribution is 2.12. The van der Waals surface area contributed by atoms with Crippen molar-refractivity contribution in [2.24, 2.45) is 5.92 Å². The smallest absolute Gasteiger partial charge is 0.306 e. The van der Waals surface area contributed by atoms with Gasteiger partial charge in [0.2, 0.25) is 0 Å². The van der Waals surface area contributed by atoms with Crippen molar-refractivity contribution in [3.05, 3.63) is 42.2 Å². The molecule has 2 rings (SSSR count). The maximum absolute atomic E-state index is 10.7. The highest BCUT2D eigenvalue weighted by molar-refractivity contribution is 5.69. The van der Waals surface area contributed by atoms with Crippen LogP contribution in [-0.2, 0) is 11.2 Å². The number of aromatic nitrogens is 3. The monoisotopic (exact) mass is 231 g/mol. The summed E-state index contributed by atoms with van der Waals surface area (Å²) in [4.78, 5) is 10.7. The summed E-state index contributed by atoms with van der Waals surface area (Å²) >= 11 is 0. The van der Waals surface area contributed by atoms with E-state index in [0.717, 1.165) is 11.3 Å². The molecule has 0 amide bonds. The molecule has 0 saturated carbocycles. The van der Waals surface area contributed by atoms with Crippen LogP contribution in [0.5, 0.6) is 0 Å². The van der Waals surface area contributed by atoms with Crippen LogP contribution in [0.25, 0.3) is 5.69 Å². The molecule has 17 heavy (non-hydrogen) atoms. The quantitative estimate of drug-likeness (QED) is 0.866. The van der Waals surface area contributed by atoms with Gasteiger partial charge >= 0.3 is 5.97 Å². The summed E-state index contributed by atoms with van der Waals surface area (Å²) in [5.41, 5.74) is 1.91. The van der Waals surface area contributed by atoms with Crippen LogP contribution in [0.4, 0.5) is 0 Å². The Bertz CT molecular complexity index is 491. The van der Waals surface area contributed by atoms with Crippen LogP contribution >= 0.6 is 0 Å². The molecular weight excluding hydrogens is 218 g/mol. The lowest BCUT2D eigenvalue weighted by molar-refractivity contribution is -0.141. The molecule has 88 valence electrons. The van der Waals surface area contributed by atoms with Crippen LogP contribution in [0.2, 0.25) is 0 Å². The summed E-state index contributed by atoms with van der Waals surface area (Å²) in [6.45, 7) is 1.70. The first-order chi connectivity index (χ1) is 8.16. The van der Waals surface area contributed by atoms with E-state index in [1.54, 1.807) is 24.0 Å². The number of carboxylic acid groups (broad SMARTS) is 1. The minimum absolute atomic E-state index is 0.368. The largest absolute Gasteiger partial charge is 0.481 e. The Balaban J connectivity index is 2.11. The Morgan fingerprint density at radius 3 is 2.65 bits per heavy atom. The van der Waals surface area contributed by atoms with Gasteiger partial charge in [-0.1, -0.05) is 24.3 Å². The molecule has 2 aromatic rings. The molecular formula is C12H13N3O2.